The molecule has 156 valence electrons. The Morgan fingerprint density at radius 1 is 1.31 bits per heavy atom. The monoisotopic (exact) mass is 417 g/mol. The fourth-order valence-electron chi connectivity index (χ4n) is 3.90. The second-order valence-corrected chi connectivity index (χ2v) is 8.26. The van der Waals surface area contributed by atoms with E-state index in [4.69, 9.17) is 4.74 Å². The van der Waals surface area contributed by atoms with Crippen LogP contribution in [0.2, 0.25) is 0 Å². The molecule has 3 rings (SSSR count). The van der Waals surface area contributed by atoms with E-state index in [-0.39, 0.29) is 29.7 Å². The molecule has 0 spiro atoms. The number of aromatic nitrogens is 1. The molecule has 1 saturated heterocycles. The second kappa shape index (κ2) is 9.37. The number of hydrogen-bond acceptors (Lipinski definition) is 6. The van der Waals surface area contributed by atoms with Crippen molar-refractivity contribution in [1.29, 1.82) is 0 Å². The summed E-state index contributed by atoms with van der Waals surface area (Å²) in [7, 11) is 1.29. The molecule has 1 atom stereocenters. The van der Waals surface area contributed by atoms with Crippen molar-refractivity contribution in [2.75, 3.05) is 26.7 Å². The Hall–Kier alpha value is -2.45. The minimum Gasteiger partial charge on any atom is -0.465 e. The van der Waals surface area contributed by atoms with Crippen molar-refractivity contribution in [1.82, 2.24) is 15.2 Å². The molecule has 3 heterocycles. The van der Waals surface area contributed by atoms with Gasteiger partial charge in [-0.05, 0) is 49.9 Å². The Kier molecular flexibility index (Phi) is 6.87. The van der Waals surface area contributed by atoms with Crippen LogP contribution in [0.25, 0.3) is 0 Å². The van der Waals surface area contributed by atoms with Crippen LogP contribution in [-0.2, 0) is 16.0 Å². The number of nitrogens with one attached hydrogen (secondary N) is 2. The van der Waals surface area contributed by atoms with Crippen molar-refractivity contribution < 1.29 is 19.1 Å². The summed E-state index contributed by atoms with van der Waals surface area (Å²) >= 11 is 1.69. The van der Waals surface area contributed by atoms with Gasteiger partial charge in [-0.25, -0.2) is 4.79 Å². The van der Waals surface area contributed by atoms with Crippen LogP contribution in [0.15, 0.2) is 17.5 Å². The Bertz CT molecular complexity index is 882. The Labute approximate surface area is 174 Å². The van der Waals surface area contributed by atoms with Crippen molar-refractivity contribution >= 4 is 29.0 Å². The van der Waals surface area contributed by atoms with Crippen LogP contribution in [0, 0.1) is 6.92 Å². The molecular formula is C21H27N3O4S. The third-order valence-corrected chi connectivity index (χ3v) is 6.33. The molecule has 2 aromatic heterocycles. The highest BCUT2D eigenvalue weighted by Crippen LogP contribution is 2.28. The molecule has 1 unspecified atom stereocenters. The number of likely N-dealkylation sites (tertiary alicyclic amines) is 1. The van der Waals surface area contributed by atoms with E-state index in [1.165, 1.54) is 31.8 Å². The molecule has 1 aliphatic rings. The fourth-order valence-corrected chi connectivity index (χ4v) is 4.76. The highest BCUT2D eigenvalue weighted by atomic mass is 32.1. The van der Waals surface area contributed by atoms with Gasteiger partial charge in [0.25, 0.3) is 0 Å². The second-order valence-electron chi connectivity index (χ2n) is 7.28. The first kappa shape index (κ1) is 21.3. The number of nitrogens with zero attached hydrogens (tertiary/aromatic N) is 1. The predicted octanol–water partition coefficient (Wildman–Crippen LogP) is 2.87. The first-order chi connectivity index (χ1) is 13.9. The van der Waals surface area contributed by atoms with E-state index < -0.39 is 5.97 Å². The molecule has 8 heteroatoms. The van der Waals surface area contributed by atoms with Gasteiger partial charge in [0.15, 0.2) is 5.78 Å². The Morgan fingerprint density at radius 3 is 2.62 bits per heavy atom. The lowest BCUT2D eigenvalue weighted by Crippen LogP contribution is -2.37. The SMILES string of the molecule is COC(=O)c1c(CC(=O)NCC(c2cccs2)N2CCCC2)[nH]c(C(C)=O)c1C. The van der Waals surface area contributed by atoms with Crippen molar-refractivity contribution in [3.05, 3.63) is 44.9 Å². The number of aromatic amines is 1. The number of amides is 1. The van der Waals surface area contributed by atoms with E-state index in [1.807, 2.05) is 11.4 Å². The maximum Gasteiger partial charge on any atom is 0.339 e. The van der Waals surface area contributed by atoms with Crippen molar-refractivity contribution in [2.24, 2.45) is 0 Å². The van der Waals surface area contributed by atoms with Gasteiger partial charge >= 0.3 is 5.97 Å². The number of carbonyl (C=O) groups is 3. The number of ketones is 1. The number of Topliss-reactive ketones (excluding diaryl/α,β-unsaturated/α-hetero) is 1. The topological polar surface area (TPSA) is 91.5 Å². The van der Waals surface area contributed by atoms with Crippen molar-refractivity contribution in [3.63, 3.8) is 0 Å². The lowest BCUT2D eigenvalue weighted by atomic mass is 10.1. The predicted molar refractivity (Wildman–Crippen MR) is 111 cm³/mol. The highest BCUT2D eigenvalue weighted by Gasteiger charge is 2.27. The Morgan fingerprint density at radius 2 is 2.03 bits per heavy atom. The van der Waals surface area contributed by atoms with Gasteiger partial charge in [-0.2, -0.15) is 0 Å². The maximum absolute atomic E-state index is 12.7. The number of H-pyrrole nitrogens is 1. The van der Waals surface area contributed by atoms with Crippen LogP contribution in [0.3, 0.4) is 0 Å². The van der Waals surface area contributed by atoms with Gasteiger partial charge < -0.3 is 15.0 Å². The van der Waals surface area contributed by atoms with E-state index in [2.05, 4.69) is 21.3 Å². The van der Waals surface area contributed by atoms with Crippen molar-refractivity contribution in [3.8, 4) is 0 Å². The van der Waals surface area contributed by atoms with Crippen LogP contribution < -0.4 is 5.32 Å². The summed E-state index contributed by atoms with van der Waals surface area (Å²) in [6.07, 6.45) is 2.33. The van der Waals surface area contributed by atoms with E-state index in [1.54, 1.807) is 18.3 Å². The number of hydrogen-bond donors (Lipinski definition) is 2. The molecule has 1 amide bonds. The molecule has 1 aliphatic heterocycles. The summed E-state index contributed by atoms with van der Waals surface area (Å²) in [6, 6.07) is 4.28. The van der Waals surface area contributed by atoms with Gasteiger partial charge in [0.05, 0.1) is 30.8 Å². The molecule has 29 heavy (non-hydrogen) atoms. The Balaban J connectivity index is 1.72. The van der Waals surface area contributed by atoms with Gasteiger partial charge in [0.2, 0.25) is 5.91 Å². The minimum absolute atomic E-state index is 0.0181. The molecule has 1 fully saturated rings. The summed E-state index contributed by atoms with van der Waals surface area (Å²) in [5, 5.41) is 5.06. The van der Waals surface area contributed by atoms with E-state index in [0.717, 1.165) is 13.1 Å². The van der Waals surface area contributed by atoms with E-state index in [0.29, 0.717) is 23.5 Å². The molecule has 0 saturated carbocycles. The van der Waals surface area contributed by atoms with Crippen LogP contribution in [0.5, 0.6) is 0 Å². The number of esters is 1. The van der Waals surface area contributed by atoms with Gasteiger partial charge in [-0.15, -0.1) is 11.3 Å². The molecule has 2 aromatic rings. The first-order valence-electron chi connectivity index (χ1n) is 9.77. The molecule has 0 aromatic carbocycles. The molecule has 0 aliphatic carbocycles. The third kappa shape index (κ3) is 4.76. The lowest BCUT2D eigenvalue weighted by Gasteiger charge is -2.26. The molecule has 2 N–H and O–H groups in total. The van der Waals surface area contributed by atoms with Gasteiger partial charge in [-0.3, -0.25) is 14.5 Å². The fraction of sp³-hybridized carbons (Fsp3) is 0.476. The standard InChI is InChI=1S/C21H27N3O4S/c1-13-19(21(27)28-3)15(23-20(13)14(2)25)11-18(26)22-12-16(17-7-6-10-29-17)24-8-4-5-9-24/h6-7,10,16,23H,4-5,8-9,11-12H2,1-3H3,(H,22,26). The summed E-state index contributed by atoms with van der Waals surface area (Å²) in [5.41, 5.74) is 1.52. The summed E-state index contributed by atoms with van der Waals surface area (Å²) < 4.78 is 4.84. The van der Waals surface area contributed by atoms with Crippen LogP contribution in [-0.4, -0.2) is 54.3 Å². The average molecular weight is 418 g/mol. The zero-order chi connectivity index (χ0) is 21.0. The zero-order valence-corrected chi connectivity index (χ0v) is 17.9. The lowest BCUT2D eigenvalue weighted by molar-refractivity contribution is -0.120. The summed E-state index contributed by atoms with van der Waals surface area (Å²) in [5.74, 6) is -0.944. The molecule has 0 radical (unpaired) electrons. The van der Waals surface area contributed by atoms with E-state index in [9.17, 15) is 14.4 Å². The quantitative estimate of drug-likeness (QED) is 0.509. The van der Waals surface area contributed by atoms with Gasteiger partial charge in [0.1, 0.15) is 0 Å². The number of rotatable bonds is 8. The summed E-state index contributed by atoms with van der Waals surface area (Å²) in [6.45, 7) is 5.67. The molecular weight excluding hydrogens is 390 g/mol. The minimum atomic E-state index is -0.553. The largest absolute Gasteiger partial charge is 0.465 e. The zero-order valence-electron chi connectivity index (χ0n) is 17.0. The van der Waals surface area contributed by atoms with Crippen LogP contribution in [0.4, 0.5) is 0 Å². The first-order valence-corrected chi connectivity index (χ1v) is 10.6. The van der Waals surface area contributed by atoms with Crippen molar-refractivity contribution in [2.45, 2.75) is 39.2 Å². The number of carbonyl (C=O) groups excluding carboxylic acids is 3. The van der Waals surface area contributed by atoms with Crippen LogP contribution in [0.1, 0.15) is 62.8 Å². The van der Waals surface area contributed by atoms with Gasteiger partial charge in [-0.1, -0.05) is 6.07 Å². The normalized spacial score (nSPS) is 15.3. The van der Waals surface area contributed by atoms with E-state index >= 15 is 0 Å². The number of methoxy groups -OCH3 is 1. The average Bonchev–Trinajstić information content (AvgIpc) is 3.44. The summed E-state index contributed by atoms with van der Waals surface area (Å²) in [4.78, 5) is 43.3. The molecule has 7 nitrogen and oxygen atoms in total. The molecule has 0 bridgehead atoms. The number of thiophene rings is 1. The smallest absolute Gasteiger partial charge is 0.339 e. The van der Waals surface area contributed by atoms with Crippen LogP contribution >= 0.6 is 11.3 Å². The highest BCUT2D eigenvalue weighted by molar-refractivity contribution is 7.10. The maximum atomic E-state index is 12.7. The number of ether oxygens (including phenoxy) is 1. The van der Waals surface area contributed by atoms with Gasteiger partial charge in [0, 0.05) is 24.0 Å². The third-order valence-electron chi connectivity index (χ3n) is 5.35.